The minimum Gasteiger partial charge on any atom is -0.465 e. The highest BCUT2D eigenvalue weighted by Crippen LogP contribution is 2.19. The van der Waals surface area contributed by atoms with Crippen molar-refractivity contribution < 1.29 is 17.9 Å². The summed E-state index contributed by atoms with van der Waals surface area (Å²) in [7, 11) is -3.54. The van der Waals surface area contributed by atoms with Crippen LogP contribution in [0.1, 0.15) is 12.5 Å². The third-order valence-corrected chi connectivity index (χ3v) is 3.92. The summed E-state index contributed by atoms with van der Waals surface area (Å²) in [5.41, 5.74) is 6.61. The van der Waals surface area contributed by atoms with E-state index in [1.54, 1.807) is 25.1 Å². The molecule has 1 rings (SSSR count). The van der Waals surface area contributed by atoms with Crippen LogP contribution in [0.3, 0.4) is 0 Å². The first-order valence-corrected chi connectivity index (χ1v) is 7.85. The molecule has 100 valence electrons. The number of ether oxygens (including phenoxy) is 1. The van der Waals surface area contributed by atoms with Gasteiger partial charge in [-0.1, -0.05) is 15.9 Å². The molecule has 18 heavy (non-hydrogen) atoms. The van der Waals surface area contributed by atoms with Crippen LogP contribution in [0.25, 0.3) is 0 Å². The second kappa shape index (κ2) is 6.19. The van der Waals surface area contributed by atoms with Crippen molar-refractivity contribution in [1.29, 1.82) is 0 Å². The van der Waals surface area contributed by atoms with E-state index in [1.807, 2.05) is 0 Å². The van der Waals surface area contributed by atoms with Gasteiger partial charge in [0, 0.05) is 10.2 Å². The number of hydrogen-bond acceptors (Lipinski definition) is 5. The van der Waals surface area contributed by atoms with Gasteiger partial charge < -0.3 is 10.5 Å². The van der Waals surface area contributed by atoms with E-state index in [-0.39, 0.29) is 12.4 Å². The fourth-order valence-corrected chi connectivity index (χ4v) is 3.22. The number of carbonyl (C=O) groups is 1. The maximum Gasteiger partial charge on any atom is 0.321 e. The van der Waals surface area contributed by atoms with Crippen molar-refractivity contribution >= 4 is 37.4 Å². The van der Waals surface area contributed by atoms with Crippen molar-refractivity contribution in [2.45, 2.75) is 12.7 Å². The van der Waals surface area contributed by atoms with Crippen LogP contribution in [0.2, 0.25) is 0 Å². The zero-order valence-corrected chi connectivity index (χ0v) is 12.3. The van der Waals surface area contributed by atoms with Gasteiger partial charge in [-0.25, -0.2) is 8.42 Å². The number of halogens is 1. The molecule has 0 unspecified atom stereocenters. The van der Waals surface area contributed by atoms with Gasteiger partial charge in [-0.15, -0.1) is 0 Å². The molecule has 0 spiro atoms. The van der Waals surface area contributed by atoms with Crippen LogP contribution in [-0.2, 0) is 25.1 Å². The average molecular weight is 336 g/mol. The Labute approximate surface area is 114 Å². The predicted molar refractivity (Wildman–Crippen MR) is 72.7 cm³/mol. The van der Waals surface area contributed by atoms with Crippen LogP contribution in [0.4, 0.5) is 5.69 Å². The number of carbonyl (C=O) groups excluding carboxylic acids is 1. The maximum absolute atomic E-state index is 11.8. The summed E-state index contributed by atoms with van der Waals surface area (Å²) in [6.07, 6.45) is 0. The first-order valence-electron chi connectivity index (χ1n) is 5.23. The second-order valence-corrected chi connectivity index (χ2v) is 6.71. The van der Waals surface area contributed by atoms with Gasteiger partial charge in [-0.05, 0) is 30.7 Å². The molecular weight excluding hydrogens is 322 g/mol. The summed E-state index contributed by atoms with van der Waals surface area (Å²) in [6, 6.07) is 4.88. The van der Waals surface area contributed by atoms with Gasteiger partial charge in [0.1, 0.15) is 5.75 Å². The maximum atomic E-state index is 11.8. The van der Waals surface area contributed by atoms with E-state index < -0.39 is 21.6 Å². The molecule has 0 radical (unpaired) electrons. The zero-order valence-electron chi connectivity index (χ0n) is 9.85. The average Bonchev–Trinajstić information content (AvgIpc) is 2.13. The monoisotopic (exact) mass is 335 g/mol. The highest BCUT2D eigenvalue weighted by molar-refractivity contribution is 9.10. The first kappa shape index (κ1) is 15.0. The molecule has 0 saturated heterocycles. The summed E-state index contributed by atoms with van der Waals surface area (Å²) in [5.74, 6) is -1.59. The lowest BCUT2D eigenvalue weighted by atomic mass is 10.2. The summed E-state index contributed by atoms with van der Waals surface area (Å²) < 4.78 is 28.8. The molecule has 0 aliphatic carbocycles. The predicted octanol–water partition coefficient (Wildman–Crippen LogP) is 1.51. The van der Waals surface area contributed by atoms with E-state index in [4.69, 9.17) is 5.73 Å². The first-order chi connectivity index (χ1) is 8.32. The van der Waals surface area contributed by atoms with Gasteiger partial charge >= 0.3 is 5.97 Å². The van der Waals surface area contributed by atoms with Crippen LogP contribution < -0.4 is 5.73 Å². The molecule has 0 heterocycles. The smallest absolute Gasteiger partial charge is 0.321 e. The number of esters is 1. The van der Waals surface area contributed by atoms with E-state index in [9.17, 15) is 13.2 Å². The SMILES string of the molecule is CCOC(=O)CS(=O)(=O)Cc1cc(N)cc(Br)c1. The Morgan fingerprint density at radius 1 is 1.39 bits per heavy atom. The molecule has 0 aliphatic heterocycles. The molecule has 0 amide bonds. The Balaban J connectivity index is 2.79. The highest BCUT2D eigenvalue weighted by Gasteiger charge is 2.18. The molecule has 7 heteroatoms. The molecular formula is C11H14BrNO4S. The fourth-order valence-electron chi connectivity index (χ4n) is 1.45. The van der Waals surface area contributed by atoms with E-state index >= 15 is 0 Å². The van der Waals surface area contributed by atoms with Crippen molar-refractivity contribution in [3.05, 3.63) is 28.2 Å². The normalized spacial score (nSPS) is 11.2. The number of rotatable bonds is 5. The molecule has 5 nitrogen and oxygen atoms in total. The van der Waals surface area contributed by atoms with Crippen LogP contribution in [-0.4, -0.2) is 26.7 Å². The lowest BCUT2D eigenvalue weighted by Gasteiger charge is -2.06. The summed E-state index contributed by atoms with van der Waals surface area (Å²) in [5, 5.41) is 0. The van der Waals surface area contributed by atoms with Gasteiger partial charge in [0.15, 0.2) is 9.84 Å². The van der Waals surface area contributed by atoms with E-state index in [2.05, 4.69) is 20.7 Å². The van der Waals surface area contributed by atoms with Crippen molar-refractivity contribution in [2.24, 2.45) is 0 Å². The van der Waals surface area contributed by atoms with Gasteiger partial charge in [0.2, 0.25) is 0 Å². The summed E-state index contributed by atoms with van der Waals surface area (Å²) >= 11 is 3.23. The number of sulfone groups is 1. The number of hydrogen-bond donors (Lipinski definition) is 1. The van der Waals surface area contributed by atoms with Gasteiger partial charge in [0.05, 0.1) is 12.4 Å². The fraction of sp³-hybridized carbons (Fsp3) is 0.364. The quantitative estimate of drug-likeness (QED) is 0.651. The molecule has 0 aliphatic rings. The Hall–Kier alpha value is -1.08. The van der Waals surface area contributed by atoms with Gasteiger partial charge in [-0.2, -0.15) is 0 Å². The highest BCUT2D eigenvalue weighted by atomic mass is 79.9. The Bertz CT molecular complexity index is 522. The van der Waals surface area contributed by atoms with E-state index in [0.717, 1.165) is 0 Å². The largest absolute Gasteiger partial charge is 0.465 e. The van der Waals surface area contributed by atoms with Gasteiger partial charge in [0.25, 0.3) is 0 Å². The van der Waals surface area contributed by atoms with Crippen molar-refractivity contribution in [2.75, 3.05) is 18.1 Å². The minimum absolute atomic E-state index is 0.165. The number of benzene rings is 1. The standard InChI is InChI=1S/C11H14BrNO4S/c1-2-17-11(14)7-18(15,16)6-8-3-9(12)5-10(13)4-8/h3-5H,2,6-7,13H2,1H3. The van der Waals surface area contributed by atoms with Crippen LogP contribution in [0.5, 0.6) is 0 Å². The molecule has 1 aromatic rings. The molecule has 2 N–H and O–H groups in total. The molecule has 0 bridgehead atoms. The molecule has 0 fully saturated rings. The van der Waals surface area contributed by atoms with Crippen LogP contribution in [0.15, 0.2) is 22.7 Å². The lowest BCUT2D eigenvalue weighted by molar-refractivity contribution is -0.139. The van der Waals surface area contributed by atoms with Crippen LogP contribution >= 0.6 is 15.9 Å². The van der Waals surface area contributed by atoms with Crippen molar-refractivity contribution in [3.8, 4) is 0 Å². The molecule has 0 aromatic heterocycles. The summed E-state index contributed by atoms with van der Waals surface area (Å²) in [6.45, 7) is 1.79. The minimum atomic E-state index is -3.54. The van der Waals surface area contributed by atoms with E-state index in [1.165, 1.54) is 0 Å². The van der Waals surface area contributed by atoms with E-state index in [0.29, 0.717) is 15.7 Å². The molecule has 1 aromatic carbocycles. The Morgan fingerprint density at radius 2 is 2.06 bits per heavy atom. The Kier molecular flexibility index (Phi) is 5.15. The summed E-state index contributed by atoms with van der Waals surface area (Å²) in [4.78, 5) is 11.1. The third-order valence-electron chi connectivity index (χ3n) is 2.01. The molecule has 0 atom stereocenters. The number of nitrogens with two attached hydrogens (primary N) is 1. The second-order valence-electron chi connectivity index (χ2n) is 3.73. The van der Waals surface area contributed by atoms with Crippen molar-refractivity contribution in [3.63, 3.8) is 0 Å². The Morgan fingerprint density at radius 3 is 2.61 bits per heavy atom. The third kappa shape index (κ3) is 5.05. The number of nitrogen functional groups attached to an aromatic ring is 1. The number of anilines is 1. The van der Waals surface area contributed by atoms with Gasteiger partial charge in [-0.3, -0.25) is 4.79 Å². The van der Waals surface area contributed by atoms with Crippen molar-refractivity contribution in [1.82, 2.24) is 0 Å². The lowest BCUT2D eigenvalue weighted by Crippen LogP contribution is -2.20. The zero-order chi connectivity index (χ0) is 13.8. The topological polar surface area (TPSA) is 86.5 Å². The van der Waals surface area contributed by atoms with Crippen LogP contribution in [0, 0.1) is 0 Å². The molecule has 0 saturated carbocycles.